The minimum Gasteiger partial charge on any atom is -0.364 e. The van der Waals surface area contributed by atoms with E-state index in [9.17, 15) is 0 Å². The number of H-pyrrole nitrogens is 1. The van der Waals surface area contributed by atoms with Crippen LogP contribution < -0.4 is 5.32 Å². The molecule has 0 fully saturated rings. The van der Waals surface area contributed by atoms with Gasteiger partial charge in [-0.15, -0.1) is 11.3 Å². The van der Waals surface area contributed by atoms with Gasteiger partial charge in [-0.25, -0.2) is 4.98 Å². The first kappa shape index (κ1) is 10.4. The van der Waals surface area contributed by atoms with Crippen LogP contribution >= 0.6 is 11.3 Å². The Hall–Kier alpha value is -1.13. The van der Waals surface area contributed by atoms with Gasteiger partial charge in [0.25, 0.3) is 0 Å². The SMILES string of the molecule is Cc1csc(CCNCc2ccc[nH]2)n1. The van der Waals surface area contributed by atoms with Crippen molar-refractivity contribution >= 4 is 11.3 Å². The van der Waals surface area contributed by atoms with Gasteiger partial charge in [0.05, 0.1) is 5.01 Å². The summed E-state index contributed by atoms with van der Waals surface area (Å²) in [5, 5.41) is 6.69. The summed E-state index contributed by atoms with van der Waals surface area (Å²) < 4.78 is 0. The largest absolute Gasteiger partial charge is 0.364 e. The van der Waals surface area contributed by atoms with E-state index in [4.69, 9.17) is 0 Å². The lowest BCUT2D eigenvalue weighted by Crippen LogP contribution is -2.16. The summed E-state index contributed by atoms with van der Waals surface area (Å²) in [6, 6.07) is 4.10. The van der Waals surface area contributed by atoms with Crippen molar-refractivity contribution in [3.8, 4) is 0 Å². The minimum absolute atomic E-state index is 0.900. The van der Waals surface area contributed by atoms with Gasteiger partial charge in [-0.05, 0) is 19.1 Å². The van der Waals surface area contributed by atoms with Gasteiger partial charge in [-0.1, -0.05) is 0 Å². The van der Waals surface area contributed by atoms with Crippen LogP contribution in [-0.4, -0.2) is 16.5 Å². The Morgan fingerprint density at radius 3 is 3.13 bits per heavy atom. The van der Waals surface area contributed by atoms with Gasteiger partial charge in [0.15, 0.2) is 0 Å². The van der Waals surface area contributed by atoms with Crippen LogP contribution in [0.25, 0.3) is 0 Å². The van der Waals surface area contributed by atoms with Crippen LogP contribution in [-0.2, 0) is 13.0 Å². The lowest BCUT2D eigenvalue weighted by molar-refractivity contribution is 0.675. The Morgan fingerprint density at radius 1 is 1.53 bits per heavy atom. The third-order valence-corrected chi connectivity index (χ3v) is 3.19. The average molecular weight is 221 g/mol. The number of thiazole rings is 1. The van der Waals surface area contributed by atoms with Gasteiger partial charge in [-0.2, -0.15) is 0 Å². The standard InChI is InChI=1S/C11H15N3S/c1-9-8-15-11(14-9)4-6-12-7-10-3-2-5-13-10/h2-3,5,8,12-13H,4,6-7H2,1H3. The fourth-order valence-electron chi connectivity index (χ4n) is 1.41. The highest BCUT2D eigenvalue weighted by atomic mass is 32.1. The molecule has 0 spiro atoms. The first-order chi connectivity index (χ1) is 7.34. The van der Waals surface area contributed by atoms with Gasteiger partial charge in [0.2, 0.25) is 0 Å². The smallest absolute Gasteiger partial charge is 0.0940 e. The molecular weight excluding hydrogens is 206 g/mol. The van der Waals surface area contributed by atoms with Crippen LogP contribution in [0.15, 0.2) is 23.7 Å². The molecule has 15 heavy (non-hydrogen) atoms. The number of aromatic nitrogens is 2. The van der Waals surface area contributed by atoms with E-state index in [-0.39, 0.29) is 0 Å². The van der Waals surface area contributed by atoms with E-state index in [1.165, 1.54) is 10.7 Å². The molecule has 80 valence electrons. The zero-order valence-electron chi connectivity index (χ0n) is 8.79. The quantitative estimate of drug-likeness (QED) is 0.759. The van der Waals surface area contributed by atoms with Gasteiger partial charge < -0.3 is 10.3 Å². The van der Waals surface area contributed by atoms with E-state index < -0.39 is 0 Å². The maximum atomic E-state index is 4.42. The number of nitrogens with one attached hydrogen (secondary N) is 2. The van der Waals surface area contributed by atoms with Crippen molar-refractivity contribution in [2.24, 2.45) is 0 Å². The topological polar surface area (TPSA) is 40.7 Å². The molecule has 0 saturated carbocycles. The molecule has 0 saturated heterocycles. The van der Waals surface area contributed by atoms with Crippen molar-refractivity contribution in [1.82, 2.24) is 15.3 Å². The van der Waals surface area contributed by atoms with Gasteiger partial charge in [-0.3, -0.25) is 0 Å². The van der Waals surface area contributed by atoms with E-state index in [1.807, 2.05) is 19.2 Å². The number of aromatic amines is 1. The summed E-state index contributed by atoms with van der Waals surface area (Å²) in [5.41, 5.74) is 2.35. The van der Waals surface area contributed by atoms with Crippen LogP contribution in [0.2, 0.25) is 0 Å². The Balaban J connectivity index is 1.67. The highest BCUT2D eigenvalue weighted by Crippen LogP contribution is 2.08. The van der Waals surface area contributed by atoms with Crippen molar-refractivity contribution < 1.29 is 0 Å². The van der Waals surface area contributed by atoms with Crippen LogP contribution in [0.5, 0.6) is 0 Å². The molecular formula is C11H15N3S. The summed E-state index contributed by atoms with van der Waals surface area (Å²) in [6.07, 6.45) is 2.96. The van der Waals surface area contributed by atoms with E-state index in [1.54, 1.807) is 11.3 Å². The third kappa shape index (κ3) is 3.18. The van der Waals surface area contributed by atoms with E-state index in [0.29, 0.717) is 0 Å². The summed E-state index contributed by atoms with van der Waals surface area (Å²) >= 11 is 1.74. The molecule has 0 aliphatic rings. The van der Waals surface area contributed by atoms with E-state index in [0.717, 1.165) is 25.2 Å². The summed E-state index contributed by atoms with van der Waals surface area (Å²) in [4.78, 5) is 7.58. The second-order valence-electron chi connectivity index (χ2n) is 3.50. The number of rotatable bonds is 5. The highest BCUT2D eigenvalue weighted by molar-refractivity contribution is 7.09. The minimum atomic E-state index is 0.900. The zero-order chi connectivity index (χ0) is 10.5. The van der Waals surface area contributed by atoms with E-state index >= 15 is 0 Å². The number of nitrogens with zero attached hydrogens (tertiary/aromatic N) is 1. The molecule has 0 radical (unpaired) electrons. The molecule has 2 N–H and O–H groups in total. The normalized spacial score (nSPS) is 10.7. The third-order valence-electron chi connectivity index (χ3n) is 2.16. The Labute approximate surface area is 93.6 Å². The van der Waals surface area contributed by atoms with Crippen LogP contribution in [0.3, 0.4) is 0 Å². The highest BCUT2D eigenvalue weighted by Gasteiger charge is 1.98. The molecule has 2 heterocycles. The molecule has 0 amide bonds. The van der Waals surface area contributed by atoms with Crippen molar-refractivity contribution in [3.05, 3.63) is 40.1 Å². The van der Waals surface area contributed by atoms with Crippen molar-refractivity contribution in [2.45, 2.75) is 19.9 Å². The second-order valence-corrected chi connectivity index (χ2v) is 4.45. The molecule has 0 atom stereocenters. The molecule has 4 heteroatoms. The first-order valence-corrected chi connectivity index (χ1v) is 5.96. The summed E-state index contributed by atoms with van der Waals surface area (Å²) in [5.74, 6) is 0. The molecule has 2 aromatic rings. The fraction of sp³-hybridized carbons (Fsp3) is 0.364. The molecule has 3 nitrogen and oxygen atoms in total. The monoisotopic (exact) mass is 221 g/mol. The molecule has 2 rings (SSSR count). The molecule has 0 aromatic carbocycles. The Morgan fingerprint density at radius 2 is 2.47 bits per heavy atom. The molecule has 0 unspecified atom stereocenters. The van der Waals surface area contributed by atoms with Crippen molar-refractivity contribution in [1.29, 1.82) is 0 Å². The molecule has 0 aliphatic heterocycles. The Bertz CT molecular complexity index is 392. The molecule has 2 aromatic heterocycles. The summed E-state index contributed by atoms with van der Waals surface area (Å²) in [7, 11) is 0. The lowest BCUT2D eigenvalue weighted by Gasteiger charge is -2.00. The van der Waals surface area contributed by atoms with Gasteiger partial charge >= 0.3 is 0 Å². The number of hydrogen-bond donors (Lipinski definition) is 2. The number of aryl methyl sites for hydroxylation is 1. The predicted octanol–water partition coefficient (Wildman–Crippen LogP) is 2.11. The first-order valence-electron chi connectivity index (χ1n) is 5.08. The molecule has 0 aliphatic carbocycles. The van der Waals surface area contributed by atoms with Crippen LogP contribution in [0, 0.1) is 6.92 Å². The van der Waals surface area contributed by atoms with Crippen molar-refractivity contribution in [2.75, 3.05) is 6.54 Å². The number of hydrogen-bond acceptors (Lipinski definition) is 3. The fourth-order valence-corrected chi connectivity index (χ4v) is 2.19. The van der Waals surface area contributed by atoms with Crippen LogP contribution in [0.4, 0.5) is 0 Å². The molecule has 0 bridgehead atoms. The zero-order valence-corrected chi connectivity index (χ0v) is 9.60. The Kier molecular flexibility index (Phi) is 3.53. The van der Waals surface area contributed by atoms with Crippen LogP contribution in [0.1, 0.15) is 16.4 Å². The second kappa shape index (κ2) is 5.09. The van der Waals surface area contributed by atoms with Gasteiger partial charge in [0.1, 0.15) is 0 Å². The van der Waals surface area contributed by atoms with E-state index in [2.05, 4.69) is 26.7 Å². The van der Waals surface area contributed by atoms with Crippen molar-refractivity contribution in [3.63, 3.8) is 0 Å². The maximum Gasteiger partial charge on any atom is 0.0940 e. The lowest BCUT2D eigenvalue weighted by atomic mass is 10.4. The summed E-state index contributed by atoms with van der Waals surface area (Å²) in [6.45, 7) is 3.91. The van der Waals surface area contributed by atoms with Gasteiger partial charge in [0, 0.05) is 42.5 Å². The maximum absolute atomic E-state index is 4.42. The predicted molar refractivity (Wildman–Crippen MR) is 63.1 cm³/mol. The average Bonchev–Trinajstić information content (AvgIpc) is 2.84.